The zero-order valence-electron chi connectivity index (χ0n) is 11.0. The average Bonchev–Trinajstić information content (AvgIpc) is 2.81. The molecule has 0 saturated carbocycles. The summed E-state index contributed by atoms with van der Waals surface area (Å²) < 4.78 is 0. The Morgan fingerprint density at radius 3 is 2.60 bits per heavy atom. The van der Waals surface area contributed by atoms with Crippen molar-refractivity contribution in [2.45, 2.75) is 0 Å². The van der Waals surface area contributed by atoms with Gasteiger partial charge in [-0.05, 0) is 12.1 Å². The molecule has 1 aromatic heterocycles. The molecule has 0 atom stereocenters. The molecule has 6 nitrogen and oxygen atoms in total. The Labute approximate surface area is 120 Å². The van der Waals surface area contributed by atoms with Gasteiger partial charge in [-0.3, -0.25) is 0 Å². The molecule has 20 heavy (non-hydrogen) atoms. The lowest BCUT2D eigenvalue weighted by molar-refractivity contribution is 0.0684. The standard InChI is InChI=1S/C13H13ClN4O2/c1-17(2)8-15-18-12(13(19)20)7-11(16-18)9-3-5-10(14)6-4-9/h3-8H,1-2H3,(H,19,20)/b15-8+. The number of hydrogen-bond donors (Lipinski definition) is 1. The minimum Gasteiger partial charge on any atom is -0.476 e. The summed E-state index contributed by atoms with van der Waals surface area (Å²) in [6.07, 6.45) is 1.48. The molecule has 0 spiro atoms. The first-order valence-electron chi connectivity index (χ1n) is 5.77. The van der Waals surface area contributed by atoms with E-state index in [1.807, 2.05) is 0 Å². The Hall–Kier alpha value is -2.34. The van der Waals surface area contributed by atoms with Gasteiger partial charge in [0.25, 0.3) is 0 Å². The van der Waals surface area contributed by atoms with E-state index >= 15 is 0 Å². The Morgan fingerprint density at radius 1 is 1.40 bits per heavy atom. The first-order valence-corrected chi connectivity index (χ1v) is 6.15. The van der Waals surface area contributed by atoms with Gasteiger partial charge in [-0.2, -0.15) is 0 Å². The maximum atomic E-state index is 11.2. The number of rotatable bonds is 4. The first kappa shape index (κ1) is 14.1. The Balaban J connectivity index is 2.43. The van der Waals surface area contributed by atoms with E-state index in [9.17, 15) is 4.79 Å². The van der Waals surface area contributed by atoms with Crippen molar-refractivity contribution in [3.8, 4) is 11.3 Å². The zero-order valence-corrected chi connectivity index (χ0v) is 11.7. The number of aromatic nitrogens is 2. The van der Waals surface area contributed by atoms with Crippen LogP contribution >= 0.6 is 11.6 Å². The normalized spacial score (nSPS) is 10.9. The lowest BCUT2D eigenvalue weighted by Gasteiger charge is -2.02. The van der Waals surface area contributed by atoms with Gasteiger partial charge in [0.1, 0.15) is 6.34 Å². The molecule has 7 heteroatoms. The van der Waals surface area contributed by atoms with Gasteiger partial charge in [0.2, 0.25) is 0 Å². The summed E-state index contributed by atoms with van der Waals surface area (Å²) in [5, 5.41) is 17.9. The Bertz CT molecular complexity index is 647. The van der Waals surface area contributed by atoms with Crippen LogP contribution in [0, 0.1) is 0 Å². The molecule has 0 amide bonds. The monoisotopic (exact) mass is 292 g/mol. The van der Waals surface area contributed by atoms with Crippen LogP contribution in [0.2, 0.25) is 5.02 Å². The average molecular weight is 293 g/mol. The highest BCUT2D eigenvalue weighted by Gasteiger charge is 2.15. The molecule has 0 bridgehead atoms. The van der Waals surface area contributed by atoms with Crippen molar-refractivity contribution in [3.63, 3.8) is 0 Å². The second-order valence-corrected chi connectivity index (χ2v) is 4.75. The van der Waals surface area contributed by atoms with Gasteiger partial charge in [-0.25, -0.2) is 4.79 Å². The molecular formula is C13H13ClN4O2. The summed E-state index contributed by atoms with van der Waals surface area (Å²) in [5.41, 5.74) is 1.29. The molecule has 0 radical (unpaired) electrons. The minimum absolute atomic E-state index is 0.00644. The van der Waals surface area contributed by atoms with Crippen LogP contribution in [0.5, 0.6) is 0 Å². The highest BCUT2D eigenvalue weighted by Crippen LogP contribution is 2.21. The lowest BCUT2D eigenvalue weighted by atomic mass is 10.1. The number of carbonyl (C=O) groups is 1. The molecule has 0 aliphatic carbocycles. The van der Waals surface area contributed by atoms with Gasteiger partial charge in [0.05, 0.1) is 5.69 Å². The SMILES string of the molecule is CN(C)/C=N/n1nc(-c2ccc(Cl)cc2)cc1C(=O)O. The van der Waals surface area contributed by atoms with Crippen LogP contribution in [-0.4, -0.2) is 46.3 Å². The number of benzene rings is 1. The van der Waals surface area contributed by atoms with Crippen LogP contribution in [-0.2, 0) is 0 Å². The third-order valence-electron chi connectivity index (χ3n) is 2.44. The Morgan fingerprint density at radius 2 is 2.05 bits per heavy atom. The first-order chi connectivity index (χ1) is 9.47. The van der Waals surface area contributed by atoms with E-state index in [0.717, 1.165) is 10.4 Å². The van der Waals surface area contributed by atoms with Crippen LogP contribution in [0.25, 0.3) is 11.3 Å². The van der Waals surface area contributed by atoms with Crippen molar-refractivity contribution >= 4 is 23.9 Å². The summed E-state index contributed by atoms with van der Waals surface area (Å²) in [5.74, 6) is -1.09. The van der Waals surface area contributed by atoms with Crippen LogP contribution in [0.1, 0.15) is 10.5 Å². The maximum Gasteiger partial charge on any atom is 0.356 e. The molecule has 0 unspecified atom stereocenters. The van der Waals surface area contributed by atoms with Gasteiger partial charge in [0, 0.05) is 30.7 Å². The van der Waals surface area contributed by atoms with Crippen LogP contribution in [0.4, 0.5) is 0 Å². The van der Waals surface area contributed by atoms with Crippen molar-refractivity contribution in [3.05, 3.63) is 41.0 Å². The van der Waals surface area contributed by atoms with Gasteiger partial charge in [-0.15, -0.1) is 15.0 Å². The molecule has 0 aliphatic heterocycles. The fourth-order valence-electron chi connectivity index (χ4n) is 1.52. The van der Waals surface area contributed by atoms with E-state index in [-0.39, 0.29) is 5.69 Å². The van der Waals surface area contributed by atoms with E-state index in [2.05, 4.69) is 10.2 Å². The van der Waals surface area contributed by atoms with E-state index in [1.54, 1.807) is 43.3 Å². The summed E-state index contributed by atoms with van der Waals surface area (Å²) in [6, 6.07) is 8.46. The maximum absolute atomic E-state index is 11.2. The quantitative estimate of drug-likeness (QED) is 0.693. The summed E-state index contributed by atoms with van der Waals surface area (Å²) in [6.45, 7) is 0. The third-order valence-corrected chi connectivity index (χ3v) is 2.69. The van der Waals surface area contributed by atoms with E-state index in [0.29, 0.717) is 10.7 Å². The second kappa shape index (κ2) is 5.75. The van der Waals surface area contributed by atoms with E-state index < -0.39 is 5.97 Å². The molecule has 2 aromatic rings. The molecule has 1 aromatic carbocycles. The fraction of sp³-hybridized carbons (Fsp3) is 0.154. The lowest BCUT2D eigenvalue weighted by Crippen LogP contribution is -2.12. The molecule has 0 saturated heterocycles. The molecule has 104 valence electrons. The molecule has 0 aliphatic rings. The van der Waals surface area contributed by atoms with Crippen molar-refractivity contribution in [1.82, 2.24) is 14.8 Å². The van der Waals surface area contributed by atoms with Crippen LogP contribution < -0.4 is 0 Å². The largest absolute Gasteiger partial charge is 0.476 e. The van der Waals surface area contributed by atoms with Crippen molar-refractivity contribution in [1.29, 1.82) is 0 Å². The van der Waals surface area contributed by atoms with Gasteiger partial charge in [0.15, 0.2) is 5.69 Å². The molecular weight excluding hydrogens is 280 g/mol. The summed E-state index contributed by atoms with van der Waals surface area (Å²) in [7, 11) is 3.57. The number of nitrogens with zero attached hydrogens (tertiary/aromatic N) is 4. The number of carboxylic acid groups (broad SMARTS) is 1. The number of aromatic carboxylic acids is 1. The summed E-state index contributed by atoms with van der Waals surface area (Å²) >= 11 is 5.82. The molecule has 1 heterocycles. The van der Waals surface area contributed by atoms with Crippen molar-refractivity contribution < 1.29 is 9.90 Å². The van der Waals surface area contributed by atoms with Gasteiger partial charge >= 0.3 is 5.97 Å². The predicted molar refractivity (Wildman–Crippen MR) is 77.2 cm³/mol. The third kappa shape index (κ3) is 3.16. The number of carboxylic acids is 1. The number of hydrogen-bond acceptors (Lipinski definition) is 3. The van der Waals surface area contributed by atoms with Crippen molar-refractivity contribution in [2.24, 2.45) is 5.10 Å². The van der Waals surface area contributed by atoms with Gasteiger partial charge in [-0.1, -0.05) is 23.7 Å². The van der Waals surface area contributed by atoms with E-state index in [1.165, 1.54) is 12.4 Å². The predicted octanol–water partition coefficient (Wildman–Crippen LogP) is 2.25. The zero-order chi connectivity index (χ0) is 14.7. The summed E-state index contributed by atoms with van der Waals surface area (Å²) in [4.78, 5) is 14.0. The number of halogens is 1. The molecule has 0 fully saturated rings. The highest BCUT2D eigenvalue weighted by atomic mass is 35.5. The smallest absolute Gasteiger partial charge is 0.356 e. The highest BCUT2D eigenvalue weighted by molar-refractivity contribution is 6.30. The fourth-order valence-corrected chi connectivity index (χ4v) is 1.65. The van der Waals surface area contributed by atoms with Crippen molar-refractivity contribution in [2.75, 3.05) is 14.1 Å². The van der Waals surface area contributed by atoms with Crippen LogP contribution in [0.3, 0.4) is 0 Å². The molecule has 2 rings (SSSR count). The van der Waals surface area contributed by atoms with E-state index in [4.69, 9.17) is 16.7 Å². The minimum atomic E-state index is -1.09. The topological polar surface area (TPSA) is 70.7 Å². The second-order valence-electron chi connectivity index (χ2n) is 4.31. The van der Waals surface area contributed by atoms with Gasteiger partial charge < -0.3 is 10.0 Å². The molecule has 1 N–H and O–H groups in total. The van der Waals surface area contributed by atoms with Crippen LogP contribution in [0.15, 0.2) is 35.4 Å². The Kier molecular flexibility index (Phi) is 4.05.